The molecule has 6 atom stereocenters. The standard InChI is InChI=1S/C20H30O3/c1-12(2)14-5-6-19(3)7-8-20(4)10-16(23)13(11-21)9-15(22)18(20)17(14)19/h9,14-15,17-18,21-22H,1,5-8,10-11H2,2-4H3/t14-,15-,17+,18+,19+,20-/m0/s1. The normalized spacial score (nSPS) is 46.7. The number of fused-ring (bicyclic) bond motifs is 3. The molecule has 3 heteroatoms. The van der Waals surface area contributed by atoms with Gasteiger partial charge in [-0.15, -0.1) is 0 Å². The van der Waals surface area contributed by atoms with Crippen LogP contribution in [0.1, 0.15) is 52.9 Å². The van der Waals surface area contributed by atoms with Crippen molar-refractivity contribution in [3.8, 4) is 0 Å². The van der Waals surface area contributed by atoms with Crippen LogP contribution in [-0.2, 0) is 4.79 Å². The zero-order valence-electron chi connectivity index (χ0n) is 14.6. The van der Waals surface area contributed by atoms with Gasteiger partial charge in [0.15, 0.2) is 5.78 Å². The average molecular weight is 318 g/mol. The molecule has 0 spiro atoms. The van der Waals surface area contributed by atoms with E-state index in [0.29, 0.717) is 23.8 Å². The molecule has 3 aliphatic rings. The van der Waals surface area contributed by atoms with Gasteiger partial charge in [-0.05, 0) is 67.3 Å². The zero-order valence-corrected chi connectivity index (χ0v) is 14.6. The van der Waals surface area contributed by atoms with E-state index in [2.05, 4.69) is 27.4 Å². The molecule has 0 unspecified atom stereocenters. The molecule has 2 N–H and O–H groups in total. The lowest BCUT2D eigenvalue weighted by atomic mass is 9.50. The van der Waals surface area contributed by atoms with Crippen molar-refractivity contribution < 1.29 is 15.0 Å². The van der Waals surface area contributed by atoms with Crippen molar-refractivity contribution in [2.75, 3.05) is 6.61 Å². The van der Waals surface area contributed by atoms with E-state index in [-0.39, 0.29) is 29.1 Å². The fraction of sp³-hybridized carbons (Fsp3) is 0.750. The molecule has 23 heavy (non-hydrogen) atoms. The first-order valence-corrected chi connectivity index (χ1v) is 8.90. The molecule has 0 aromatic rings. The van der Waals surface area contributed by atoms with Crippen LogP contribution >= 0.6 is 0 Å². The van der Waals surface area contributed by atoms with Crippen molar-refractivity contribution >= 4 is 5.78 Å². The van der Waals surface area contributed by atoms with Crippen LogP contribution in [0.2, 0.25) is 0 Å². The summed E-state index contributed by atoms with van der Waals surface area (Å²) in [7, 11) is 0. The molecular weight excluding hydrogens is 288 g/mol. The van der Waals surface area contributed by atoms with Gasteiger partial charge in [0.25, 0.3) is 0 Å². The maximum atomic E-state index is 12.5. The number of carbonyl (C=O) groups is 1. The highest BCUT2D eigenvalue weighted by molar-refractivity contribution is 5.96. The van der Waals surface area contributed by atoms with E-state index >= 15 is 0 Å². The van der Waals surface area contributed by atoms with Crippen LogP contribution in [0.3, 0.4) is 0 Å². The Kier molecular flexibility index (Phi) is 4.09. The van der Waals surface area contributed by atoms with Crippen molar-refractivity contribution in [1.29, 1.82) is 0 Å². The number of carbonyl (C=O) groups excluding carboxylic acids is 1. The third-order valence-corrected chi connectivity index (χ3v) is 7.19. The molecule has 0 aromatic heterocycles. The zero-order chi connectivity index (χ0) is 17.0. The minimum Gasteiger partial charge on any atom is -0.392 e. The Morgan fingerprint density at radius 1 is 1.26 bits per heavy atom. The SMILES string of the molecule is C=C(C)[C@@H]1CC[C@]2(C)CC[C@@]3(C)CC(=O)C(CO)=C[C@H](O)[C@@H]3[C@@H]12. The lowest BCUT2D eigenvalue weighted by Gasteiger charge is -2.54. The molecule has 0 aromatic carbocycles. The summed E-state index contributed by atoms with van der Waals surface area (Å²) in [5.41, 5.74) is 1.64. The predicted octanol–water partition coefficient (Wildman–Crippen LogP) is 3.26. The van der Waals surface area contributed by atoms with Gasteiger partial charge in [-0.25, -0.2) is 0 Å². The minimum absolute atomic E-state index is 0.00465. The van der Waals surface area contributed by atoms with E-state index in [9.17, 15) is 15.0 Å². The van der Waals surface area contributed by atoms with Gasteiger partial charge in [-0.1, -0.05) is 26.0 Å². The first kappa shape index (κ1) is 16.9. The van der Waals surface area contributed by atoms with Crippen LogP contribution in [0, 0.1) is 28.6 Å². The molecule has 128 valence electrons. The molecule has 3 nitrogen and oxygen atoms in total. The maximum Gasteiger partial charge on any atom is 0.161 e. The second kappa shape index (κ2) is 5.56. The Labute approximate surface area is 139 Å². The van der Waals surface area contributed by atoms with Crippen LogP contribution in [0.4, 0.5) is 0 Å². The Hall–Kier alpha value is -0.930. The van der Waals surface area contributed by atoms with E-state index in [1.165, 1.54) is 12.0 Å². The fourth-order valence-corrected chi connectivity index (χ4v) is 5.87. The Bertz CT molecular complexity index is 563. The highest BCUT2D eigenvalue weighted by atomic mass is 16.3. The summed E-state index contributed by atoms with van der Waals surface area (Å²) in [6.45, 7) is 10.6. The Morgan fingerprint density at radius 3 is 2.52 bits per heavy atom. The van der Waals surface area contributed by atoms with Crippen molar-refractivity contribution in [2.24, 2.45) is 28.6 Å². The lowest BCUT2D eigenvalue weighted by molar-refractivity contribution is -0.124. The van der Waals surface area contributed by atoms with Crippen LogP contribution in [0.5, 0.6) is 0 Å². The molecule has 0 radical (unpaired) electrons. The number of ketones is 1. The number of hydrogen-bond donors (Lipinski definition) is 2. The average Bonchev–Trinajstić information content (AvgIpc) is 2.77. The number of aliphatic hydroxyl groups excluding tert-OH is 2. The highest BCUT2D eigenvalue weighted by Crippen LogP contribution is 2.65. The van der Waals surface area contributed by atoms with Crippen molar-refractivity contribution in [1.82, 2.24) is 0 Å². The number of allylic oxidation sites excluding steroid dienone is 1. The third-order valence-electron chi connectivity index (χ3n) is 7.19. The summed E-state index contributed by atoms with van der Waals surface area (Å²) in [6.07, 6.45) is 5.83. The van der Waals surface area contributed by atoms with E-state index in [1.807, 2.05) is 0 Å². The first-order chi connectivity index (χ1) is 10.7. The first-order valence-electron chi connectivity index (χ1n) is 8.90. The maximum absolute atomic E-state index is 12.5. The Balaban J connectivity index is 2.07. The largest absolute Gasteiger partial charge is 0.392 e. The van der Waals surface area contributed by atoms with E-state index in [0.717, 1.165) is 19.3 Å². The number of Topliss-reactive ketones (excluding diaryl/α,β-unsaturated/α-hetero) is 1. The minimum atomic E-state index is -0.654. The summed E-state index contributed by atoms with van der Waals surface area (Å²) < 4.78 is 0. The van der Waals surface area contributed by atoms with Gasteiger partial charge in [0.05, 0.1) is 12.7 Å². The summed E-state index contributed by atoms with van der Waals surface area (Å²) in [5.74, 6) is 0.873. The number of rotatable bonds is 2. The molecule has 2 fully saturated rings. The van der Waals surface area contributed by atoms with Gasteiger partial charge < -0.3 is 10.2 Å². The summed E-state index contributed by atoms with van der Waals surface area (Å²) in [6, 6.07) is 0. The monoisotopic (exact) mass is 318 g/mol. The molecular formula is C20H30O3. The predicted molar refractivity (Wildman–Crippen MR) is 90.8 cm³/mol. The van der Waals surface area contributed by atoms with Crippen LogP contribution in [-0.4, -0.2) is 28.7 Å². The second-order valence-electron chi connectivity index (χ2n) is 8.79. The van der Waals surface area contributed by atoms with Crippen molar-refractivity contribution in [2.45, 2.75) is 59.0 Å². The summed E-state index contributed by atoms with van der Waals surface area (Å²) in [5, 5.41) is 20.4. The molecule has 0 heterocycles. The van der Waals surface area contributed by atoms with Gasteiger partial charge in [0.2, 0.25) is 0 Å². The molecule has 0 bridgehead atoms. The third kappa shape index (κ3) is 2.53. The summed E-state index contributed by atoms with van der Waals surface area (Å²) >= 11 is 0. The van der Waals surface area contributed by atoms with E-state index < -0.39 is 6.10 Å². The van der Waals surface area contributed by atoms with Crippen molar-refractivity contribution in [3.05, 3.63) is 23.8 Å². The molecule has 3 rings (SSSR count). The van der Waals surface area contributed by atoms with E-state index in [1.54, 1.807) is 6.08 Å². The molecule has 2 saturated carbocycles. The second-order valence-corrected chi connectivity index (χ2v) is 8.79. The smallest absolute Gasteiger partial charge is 0.161 e. The number of aliphatic hydroxyl groups is 2. The van der Waals surface area contributed by atoms with E-state index in [4.69, 9.17) is 0 Å². The van der Waals surface area contributed by atoms with Crippen LogP contribution < -0.4 is 0 Å². The van der Waals surface area contributed by atoms with Crippen LogP contribution in [0.25, 0.3) is 0 Å². The van der Waals surface area contributed by atoms with Crippen molar-refractivity contribution in [3.63, 3.8) is 0 Å². The Morgan fingerprint density at radius 2 is 1.91 bits per heavy atom. The molecule has 0 saturated heterocycles. The number of hydrogen-bond acceptors (Lipinski definition) is 3. The van der Waals surface area contributed by atoms with Gasteiger partial charge in [0, 0.05) is 12.0 Å². The molecule has 0 aliphatic heterocycles. The quantitative estimate of drug-likeness (QED) is 0.768. The molecule has 3 aliphatic carbocycles. The van der Waals surface area contributed by atoms with Gasteiger partial charge in [0.1, 0.15) is 0 Å². The van der Waals surface area contributed by atoms with Gasteiger partial charge >= 0.3 is 0 Å². The fourth-order valence-electron chi connectivity index (χ4n) is 5.87. The lowest BCUT2D eigenvalue weighted by Crippen LogP contribution is -2.51. The van der Waals surface area contributed by atoms with Crippen LogP contribution in [0.15, 0.2) is 23.8 Å². The van der Waals surface area contributed by atoms with Gasteiger partial charge in [-0.2, -0.15) is 0 Å². The highest BCUT2D eigenvalue weighted by Gasteiger charge is 2.59. The summed E-state index contributed by atoms with van der Waals surface area (Å²) in [4.78, 5) is 12.5. The molecule has 0 amide bonds. The van der Waals surface area contributed by atoms with Gasteiger partial charge in [-0.3, -0.25) is 4.79 Å². The topological polar surface area (TPSA) is 57.5 Å².